The number of nitro groups is 1. The molecule has 1 aliphatic rings. The first kappa shape index (κ1) is 15.8. The van der Waals surface area contributed by atoms with Crippen molar-refractivity contribution in [3.63, 3.8) is 0 Å². The number of nitrogens with zero attached hydrogens (tertiary/aromatic N) is 1. The highest BCUT2D eigenvalue weighted by atomic mass is 127. The zero-order valence-electron chi connectivity index (χ0n) is 11.1. The summed E-state index contributed by atoms with van der Waals surface area (Å²) in [7, 11) is 0. The molecule has 1 saturated carbocycles. The Bertz CT molecular complexity index is 515. The van der Waals surface area contributed by atoms with Crippen molar-refractivity contribution in [3.8, 4) is 0 Å². The lowest BCUT2D eigenvalue weighted by molar-refractivity contribution is -0.384. The highest BCUT2D eigenvalue weighted by Crippen LogP contribution is 2.33. The van der Waals surface area contributed by atoms with Crippen molar-refractivity contribution in [2.24, 2.45) is 0 Å². The van der Waals surface area contributed by atoms with E-state index in [2.05, 4.69) is 11.6 Å². The van der Waals surface area contributed by atoms with Crippen LogP contribution in [0.2, 0.25) is 0 Å². The van der Waals surface area contributed by atoms with Crippen LogP contribution in [0.25, 0.3) is 0 Å². The van der Waals surface area contributed by atoms with Gasteiger partial charge in [-0.1, -0.05) is 6.42 Å². The summed E-state index contributed by atoms with van der Waals surface area (Å²) in [6, 6.07) is 2.70. The molecule has 0 amide bonds. The Kier molecular flexibility index (Phi) is 5.48. The molecule has 1 fully saturated rings. The molecule has 0 radical (unpaired) electrons. The molecule has 1 aromatic rings. The van der Waals surface area contributed by atoms with E-state index in [-0.39, 0.29) is 15.3 Å². The molecule has 2 unspecified atom stereocenters. The van der Waals surface area contributed by atoms with Crippen LogP contribution in [0, 0.1) is 19.5 Å². The van der Waals surface area contributed by atoms with E-state index in [0.29, 0.717) is 10.9 Å². The van der Waals surface area contributed by atoms with Gasteiger partial charge in [0.1, 0.15) is 11.5 Å². The zero-order chi connectivity index (χ0) is 14.7. The fourth-order valence-electron chi connectivity index (χ4n) is 2.51. The lowest BCUT2D eigenvalue weighted by atomic mass is 9.94. The number of hydrogen-bond donors (Lipinski definition) is 1. The molecule has 1 aliphatic carbocycles. The van der Waals surface area contributed by atoms with Gasteiger partial charge in [-0.25, -0.2) is 4.39 Å². The molecule has 0 aliphatic heterocycles. The molecule has 110 valence electrons. The van der Waals surface area contributed by atoms with Crippen LogP contribution in [0.3, 0.4) is 0 Å². The summed E-state index contributed by atoms with van der Waals surface area (Å²) in [6.07, 6.45) is 6.31. The van der Waals surface area contributed by atoms with Crippen LogP contribution >= 0.6 is 34.4 Å². The monoisotopic (exact) mass is 410 g/mol. The quantitative estimate of drug-likeness (QED) is 0.454. The molecule has 0 bridgehead atoms. The Balaban J connectivity index is 2.19. The molecular weight excluding hydrogens is 394 g/mol. The van der Waals surface area contributed by atoms with Gasteiger partial charge in [-0.3, -0.25) is 10.1 Å². The van der Waals surface area contributed by atoms with Crippen LogP contribution in [0.1, 0.15) is 25.7 Å². The van der Waals surface area contributed by atoms with Gasteiger partial charge in [0.25, 0.3) is 5.69 Å². The maximum Gasteiger partial charge on any atom is 0.293 e. The van der Waals surface area contributed by atoms with Crippen LogP contribution in [0.5, 0.6) is 0 Å². The smallest absolute Gasteiger partial charge is 0.293 e. The Morgan fingerprint density at radius 1 is 1.50 bits per heavy atom. The normalized spacial score (nSPS) is 22.6. The molecule has 0 heterocycles. The van der Waals surface area contributed by atoms with Gasteiger partial charge in [0, 0.05) is 23.4 Å². The van der Waals surface area contributed by atoms with E-state index >= 15 is 0 Å². The molecule has 1 N–H and O–H groups in total. The molecule has 0 spiro atoms. The Morgan fingerprint density at radius 3 is 2.90 bits per heavy atom. The zero-order valence-corrected chi connectivity index (χ0v) is 14.0. The third-order valence-electron chi connectivity index (χ3n) is 3.55. The van der Waals surface area contributed by atoms with Crippen LogP contribution in [-0.4, -0.2) is 22.5 Å². The number of nitrogens with one attached hydrogen (secondary N) is 1. The van der Waals surface area contributed by atoms with Gasteiger partial charge in [0.05, 0.1) is 8.49 Å². The lowest BCUT2D eigenvalue weighted by Gasteiger charge is -2.29. The minimum absolute atomic E-state index is 0.0536. The number of nitro benzene ring substituents is 1. The minimum atomic E-state index is -0.460. The van der Waals surface area contributed by atoms with Gasteiger partial charge in [0.15, 0.2) is 0 Å². The van der Waals surface area contributed by atoms with Crippen LogP contribution in [-0.2, 0) is 0 Å². The molecule has 20 heavy (non-hydrogen) atoms. The summed E-state index contributed by atoms with van der Waals surface area (Å²) < 4.78 is 13.9. The molecule has 0 saturated heterocycles. The van der Waals surface area contributed by atoms with Crippen LogP contribution in [0.4, 0.5) is 15.8 Å². The highest BCUT2D eigenvalue weighted by Gasteiger charge is 2.24. The molecule has 7 heteroatoms. The van der Waals surface area contributed by atoms with E-state index in [0.717, 1.165) is 19.3 Å². The van der Waals surface area contributed by atoms with Gasteiger partial charge in [-0.2, -0.15) is 11.8 Å². The van der Waals surface area contributed by atoms with Crippen molar-refractivity contribution in [1.82, 2.24) is 0 Å². The molecule has 2 atom stereocenters. The topological polar surface area (TPSA) is 55.2 Å². The molecular formula is C13H16FIN2O2S. The van der Waals surface area contributed by atoms with Gasteiger partial charge < -0.3 is 5.32 Å². The highest BCUT2D eigenvalue weighted by molar-refractivity contribution is 14.1. The summed E-state index contributed by atoms with van der Waals surface area (Å²) in [6.45, 7) is 0. The van der Waals surface area contributed by atoms with Gasteiger partial charge in [0.2, 0.25) is 0 Å². The average molecular weight is 410 g/mol. The van der Waals surface area contributed by atoms with Gasteiger partial charge in [-0.15, -0.1) is 0 Å². The van der Waals surface area contributed by atoms with E-state index in [4.69, 9.17) is 0 Å². The summed E-state index contributed by atoms with van der Waals surface area (Å²) in [5, 5.41) is 14.8. The fraction of sp³-hybridized carbons (Fsp3) is 0.538. The number of rotatable bonds is 4. The first-order chi connectivity index (χ1) is 9.51. The number of benzene rings is 1. The first-order valence-corrected chi connectivity index (χ1v) is 8.80. The maximum absolute atomic E-state index is 13.6. The summed E-state index contributed by atoms with van der Waals surface area (Å²) in [4.78, 5) is 10.6. The van der Waals surface area contributed by atoms with Gasteiger partial charge >= 0.3 is 0 Å². The Hall–Kier alpha value is -0.570. The summed E-state index contributed by atoms with van der Waals surface area (Å²) >= 11 is 3.60. The number of thioether (sulfide) groups is 1. The van der Waals surface area contributed by atoms with Crippen molar-refractivity contribution in [3.05, 3.63) is 31.6 Å². The molecule has 0 aromatic heterocycles. The van der Waals surface area contributed by atoms with E-state index < -0.39 is 10.7 Å². The second-order valence-corrected chi connectivity index (χ2v) is 7.21. The van der Waals surface area contributed by atoms with Crippen molar-refractivity contribution >= 4 is 45.7 Å². The van der Waals surface area contributed by atoms with Crippen molar-refractivity contribution in [2.75, 3.05) is 11.6 Å². The second-order valence-electron chi connectivity index (χ2n) is 4.91. The average Bonchev–Trinajstić information content (AvgIpc) is 2.42. The van der Waals surface area contributed by atoms with E-state index in [1.54, 1.807) is 22.6 Å². The molecule has 2 rings (SSSR count). The fourth-order valence-corrected chi connectivity index (χ4v) is 3.79. The second kappa shape index (κ2) is 6.93. The third-order valence-corrected chi connectivity index (χ3v) is 5.48. The number of halogens is 2. The minimum Gasteiger partial charge on any atom is -0.377 e. The largest absolute Gasteiger partial charge is 0.377 e. The van der Waals surface area contributed by atoms with E-state index in [9.17, 15) is 14.5 Å². The lowest BCUT2D eigenvalue weighted by Crippen LogP contribution is -2.28. The van der Waals surface area contributed by atoms with E-state index in [1.165, 1.54) is 18.6 Å². The third kappa shape index (κ3) is 3.75. The first-order valence-electron chi connectivity index (χ1n) is 6.44. The maximum atomic E-state index is 13.6. The van der Waals surface area contributed by atoms with Crippen molar-refractivity contribution < 1.29 is 9.31 Å². The number of anilines is 1. The van der Waals surface area contributed by atoms with Gasteiger partial charge in [-0.05, 0) is 48.1 Å². The van der Waals surface area contributed by atoms with Crippen LogP contribution < -0.4 is 5.32 Å². The SMILES string of the molecule is CSC1CCCC(Nc2cc(F)c(I)cc2[N+](=O)[O-])C1. The van der Waals surface area contributed by atoms with Crippen molar-refractivity contribution in [1.29, 1.82) is 0 Å². The summed E-state index contributed by atoms with van der Waals surface area (Å²) in [5.41, 5.74) is 0.238. The van der Waals surface area contributed by atoms with Crippen molar-refractivity contribution in [2.45, 2.75) is 37.0 Å². The summed E-state index contributed by atoms with van der Waals surface area (Å²) in [5.74, 6) is -0.420. The Morgan fingerprint density at radius 2 is 2.25 bits per heavy atom. The standard InChI is InChI=1S/C13H16FIN2O2S/c1-20-9-4-2-3-8(5-9)16-12-6-10(14)11(15)7-13(12)17(18)19/h6-9,16H,2-5H2,1H3. The predicted octanol–water partition coefficient (Wildman–Crippen LogP) is 4.42. The Labute approximate surface area is 135 Å². The molecule has 1 aromatic carbocycles. The van der Waals surface area contributed by atoms with Crippen LogP contribution in [0.15, 0.2) is 12.1 Å². The number of hydrogen-bond acceptors (Lipinski definition) is 4. The predicted molar refractivity (Wildman–Crippen MR) is 89.0 cm³/mol. The van der Waals surface area contributed by atoms with E-state index in [1.807, 2.05) is 11.8 Å². The molecule has 4 nitrogen and oxygen atoms in total.